The molecule has 0 bridgehead atoms. The van der Waals surface area contributed by atoms with Crippen LogP contribution in [-0.2, 0) is 11.0 Å². The third-order valence-electron chi connectivity index (χ3n) is 4.40. The topological polar surface area (TPSA) is 95.7 Å². The molecule has 13 heteroatoms. The predicted octanol–water partition coefficient (Wildman–Crippen LogP) is 7.11. The molecule has 0 aliphatic carbocycles. The summed E-state index contributed by atoms with van der Waals surface area (Å²) >= 11 is 17.6. The number of benzene rings is 3. The van der Waals surface area contributed by atoms with Gasteiger partial charge in [-0.25, -0.2) is 0 Å². The van der Waals surface area contributed by atoms with Crippen LogP contribution in [0.25, 0.3) is 0 Å². The van der Waals surface area contributed by atoms with Crippen molar-refractivity contribution in [1.29, 1.82) is 0 Å². The van der Waals surface area contributed by atoms with Crippen LogP contribution in [0.5, 0.6) is 17.2 Å². The summed E-state index contributed by atoms with van der Waals surface area (Å²) in [4.78, 5) is 35.0. The van der Waals surface area contributed by atoms with E-state index in [2.05, 4.69) is 0 Å². The molecule has 1 radical (unpaired) electrons. The van der Waals surface area contributed by atoms with E-state index in [1.54, 1.807) is 0 Å². The molecule has 0 N–H and O–H groups in total. The number of rotatable bonds is 8. The molecule has 0 spiro atoms. The van der Waals surface area contributed by atoms with Gasteiger partial charge in [0.1, 0.15) is 22.8 Å². The zero-order chi connectivity index (χ0) is 25.9. The van der Waals surface area contributed by atoms with Crippen molar-refractivity contribution >= 4 is 52.6 Å². The Morgan fingerprint density at radius 1 is 0.971 bits per heavy atom. The van der Waals surface area contributed by atoms with Crippen LogP contribution >= 0.6 is 34.8 Å². The smallest absolute Gasteiger partial charge is 0.416 e. The van der Waals surface area contributed by atoms with Crippen LogP contribution in [0.3, 0.4) is 0 Å². The van der Waals surface area contributed by atoms with Crippen molar-refractivity contribution < 1.29 is 37.2 Å². The van der Waals surface area contributed by atoms with Gasteiger partial charge in [-0.2, -0.15) is 13.2 Å². The number of ether oxygens (including phenoxy) is 2. The third-order valence-corrected chi connectivity index (χ3v) is 5.23. The van der Waals surface area contributed by atoms with Crippen molar-refractivity contribution in [1.82, 2.24) is 0 Å². The van der Waals surface area contributed by atoms with Gasteiger partial charge in [-0.05, 0) is 48.5 Å². The molecule has 35 heavy (non-hydrogen) atoms. The van der Waals surface area contributed by atoms with Crippen molar-refractivity contribution in [2.75, 3.05) is 0 Å². The van der Waals surface area contributed by atoms with Crippen LogP contribution < -0.4 is 9.47 Å². The average molecular weight is 548 g/mol. The normalized spacial score (nSPS) is 12.1. The van der Waals surface area contributed by atoms with Crippen LogP contribution in [0, 0.1) is 10.1 Å². The van der Waals surface area contributed by atoms with Crippen LogP contribution in [-0.4, -0.2) is 23.1 Å². The molecule has 0 aliphatic heterocycles. The largest absolute Gasteiger partial charge is 0.472 e. The maximum absolute atomic E-state index is 12.9. The number of nitrogens with zero attached hydrogens (tertiary/aromatic N) is 1. The lowest BCUT2D eigenvalue weighted by molar-refractivity contribution is -0.385. The summed E-state index contributed by atoms with van der Waals surface area (Å²) in [5.41, 5.74) is -2.29. The summed E-state index contributed by atoms with van der Waals surface area (Å²) in [5.74, 6) is -1.66. The number of carbonyl (C=O) groups is 1. The van der Waals surface area contributed by atoms with E-state index in [1.807, 2.05) is 0 Å². The molecule has 0 heterocycles. The van der Waals surface area contributed by atoms with Gasteiger partial charge in [0.25, 0.3) is 12.0 Å². The number of hydrogen-bond donors (Lipinski definition) is 0. The average Bonchev–Trinajstić information content (AvgIpc) is 2.78. The first-order chi connectivity index (χ1) is 16.4. The van der Waals surface area contributed by atoms with Gasteiger partial charge >= 0.3 is 6.18 Å². The molecular formula is C22H10Cl3F3NO6. The molecule has 0 fully saturated rings. The second-order valence-electron chi connectivity index (χ2n) is 6.74. The van der Waals surface area contributed by atoms with E-state index in [9.17, 15) is 32.9 Å². The minimum absolute atomic E-state index is 0.0333. The van der Waals surface area contributed by atoms with Gasteiger partial charge in [0.05, 0.1) is 20.5 Å². The molecule has 1 atom stereocenters. The molecule has 181 valence electrons. The van der Waals surface area contributed by atoms with Crippen LogP contribution in [0.4, 0.5) is 18.9 Å². The van der Waals surface area contributed by atoms with Crippen molar-refractivity contribution in [2.45, 2.75) is 12.3 Å². The second kappa shape index (κ2) is 10.5. The maximum Gasteiger partial charge on any atom is 0.416 e. The molecule has 0 aromatic heterocycles. The first kappa shape index (κ1) is 26.3. The standard InChI is InChI=1S/C22H10Cl3F3NO6/c23-12-2-6-19(16(25)8-12)35-20(10-30)21(31)14-9-13(3-4-17(14)29(32)33)34-18-5-1-11(7-15(18)24)22(26,27)28/h1-9,20H. The molecule has 7 nitrogen and oxygen atoms in total. The van der Waals surface area contributed by atoms with Crippen molar-refractivity contribution in [3.05, 3.63) is 90.9 Å². The number of carbonyl (C=O) groups excluding carboxylic acids is 2. The van der Waals surface area contributed by atoms with E-state index < -0.39 is 44.8 Å². The van der Waals surface area contributed by atoms with E-state index in [1.165, 1.54) is 24.5 Å². The molecule has 3 rings (SSSR count). The van der Waals surface area contributed by atoms with E-state index in [-0.39, 0.29) is 27.3 Å². The Bertz CT molecular complexity index is 1320. The summed E-state index contributed by atoms with van der Waals surface area (Å²) in [7, 11) is 0. The molecule has 0 aliphatic rings. The second-order valence-corrected chi connectivity index (χ2v) is 7.99. The molecular weight excluding hydrogens is 538 g/mol. The minimum Gasteiger partial charge on any atom is -0.472 e. The SMILES string of the molecule is O=[C]C(Oc1ccc(Cl)cc1Cl)C(=O)c1cc(Oc2ccc(C(F)(F)F)cc2Cl)ccc1[N+](=O)[O-]. The summed E-state index contributed by atoms with van der Waals surface area (Å²) in [5, 5.41) is 11.3. The van der Waals surface area contributed by atoms with Crippen molar-refractivity contribution in [3.8, 4) is 17.2 Å². The first-order valence-corrected chi connectivity index (χ1v) is 10.4. The van der Waals surface area contributed by atoms with Gasteiger partial charge in [0.2, 0.25) is 11.9 Å². The lowest BCUT2D eigenvalue weighted by Gasteiger charge is -2.15. The van der Waals surface area contributed by atoms with E-state index in [4.69, 9.17) is 44.3 Å². The lowest BCUT2D eigenvalue weighted by Crippen LogP contribution is -2.29. The fourth-order valence-corrected chi connectivity index (χ4v) is 3.46. The quantitative estimate of drug-likeness (QED) is 0.129. The molecule has 3 aromatic carbocycles. The summed E-state index contributed by atoms with van der Waals surface area (Å²) in [6.07, 6.45) is -5.23. The van der Waals surface area contributed by atoms with Crippen LogP contribution in [0.2, 0.25) is 15.1 Å². The maximum atomic E-state index is 12.9. The Hall–Kier alpha value is -3.34. The van der Waals surface area contributed by atoms with Gasteiger partial charge in [-0.15, -0.1) is 0 Å². The van der Waals surface area contributed by atoms with Gasteiger partial charge in [-0.1, -0.05) is 34.8 Å². The monoisotopic (exact) mass is 546 g/mol. The summed E-state index contributed by atoms with van der Waals surface area (Å²) in [6.45, 7) is 0. The summed E-state index contributed by atoms with van der Waals surface area (Å²) in [6, 6.07) is 9.18. The zero-order valence-corrected chi connectivity index (χ0v) is 19.2. The number of halogens is 6. The lowest BCUT2D eigenvalue weighted by atomic mass is 10.0. The Balaban J connectivity index is 1.94. The van der Waals surface area contributed by atoms with Gasteiger partial charge in [0, 0.05) is 11.1 Å². The van der Waals surface area contributed by atoms with Crippen LogP contribution in [0.15, 0.2) is 54.6 Å². The Labute approximate surface area is 210 Å². The van der Waals surface area contributed by atoms with E-state index >= 15 is 0 Å². The highest BCUT2D eigenvalue weighted by atomic mass is 35.5. The number of hydrogen-bond acceptors (Lipinski definition) is 6. The number of nitro groups is 1. The predicted molar refractivity (Wildman–Crippen MR) is 121 cm³/mol. The molecule has 0 saturated carbocycles. The molecule has 0 amide bonds. The summed E-state index contributed by atoms with van der Waals surface area (Å²) < 4.78 is 49.2. The number of Topliss-reactive ketones (excluding diaryl/α,β-unsaturated/α-hetero) is 1. The number of alkyl halides is 3. The number of nitro benzene ring substituents is 1. The van der Waals surface area contributed by atoms with Gasteiger partial charge in [-0.3, -0.25) is 19.7 Å². The molecule has 0 saturated heterocycles. The molecule has 1 unspecified atom stereocenters. The Morgan fingerprint density at radius 2 is 1.63 bits per heavy atom. The Kier molecular flexibility index (Phi) is 7.89. The van der Waals surface area contributed by atoms with Crippen LogP contribution in [0.1, 0.15) is 15.9 Å². The van der Waals surface area contributed by atoms with Gasteiger partial charge < -0.3 is 9.47 Å². The third kappa shape index (κ3) is 6.21. The number of ketones is 1. The highest BCUT2D eigenvalue weighted by Gasteiger charge is 2.32. The fourth-order valence-electron chi connectivity index (χ4n) is 2.79. The highest BCUT2D eigenvalue weighted by molar-refractivity contribution is 6.35. The van der Waals surface area contributed by atoms with Crippen molar-refractivity contribution in [2.24, 2.45) is 0 Å². The minimum atomic E-state index is -4.64. The highest BCUT2D eigenvalue weighted by Crippen LogP contribution is 2.37. The van der Waals surface area contributed by atoms with E-state index in [0.29, 0.717) is 6.07 Å². The zero-order valence-electron chi connectivity index (χ0n) is 16.9. The van der Waals surface area contributed by atoms with Crippen molar-refractivity contribution in [3.63, 3.8) is 0 Å². The van der Waals surface area contributed by atoms with Gasteiger partial charge in [0.15, 0.2) is 0 Å². The van der Waals surface area contributed by atoms with E-state index in [0.717, 1.165) is 30.3 Å². The first-order valence-electron chi connectivity index (χ1n) is 9.27. The Morgan fingerprint density at radius 3 is 2.20 bits per heavy atom. The molecule has 3 aromatic rings. The fraction of sp³-hybridized carbons (Fsp3) is 0.0909.